The molecule has 4 rings (SSSR count). The molecule has 31 heavy (non-hydrogen) atoms. The minimum atomic E-state index is -0.341. The van der Waals surface area contributed by atoms with Crippen LogP contribution in [0, 0.1) is 0 Å². The van der Waals surface area contributed by atoms with Crippen molar-refractivity contribution in [3.63, 3.8) is 0 Å². The molecule has 0 radical (unpaired) electrons. The van der Waals surface area contributed by atoms with Crippen molar-refractivity contribution >= 4 is 45.7 Å². The Hall–Kier alpha value is -3.10. The van der Waals surface area contributed by atoms with E-state index in [0.717, 1.165) is 10.9 Å². The fourth-order valence-corrected chi connectivity index (χ4v) is 5.07. The quantitative estimate of drug-likeness (QED) is 0.326. The van der Waals surface area contributed by atoms with Crippen LogP contribution in [0.2, 0.25) is 0 Å². The largest absolute Gasteiger partial charge is 0.493 e. The predicted octanol–water partition coefficient (Wildman–Crippen LogP) is 6.06. The number of thioether (sulfide) groups is 1. The van der Waals surface area contributed by atoms with E-state index in [0.29, 0.717) is 40.0 Å². The standard InChI is InChI=1S/C23H21NO5S2/c1-26-18-11-14(12-19(27-2)22(18)28-3)24-23(25)21-16(13-31-20-9-6-10-30-20)15-7-4-5-8-17(15)29-21/h4-12H,13H2,1-3H3,(H,24,25). The third-order valence-electron chi connectivity index (χ3n) is 4.68. The molecule has 2 aromatic carbocycles. The molecule has 8 heteroatoms. The molecule has 0 atom stereocenters. The van der Waals surface area contributed by atoms with Crippen molar-refractivity contribution in [1.29, 1.82) is 0 Å². The average Bonchev–Trinajstić information content (AvgIpc) is 3.44. The summed E-state index contributed by atoms with van der Waals surface area (Å²) in [6.45, 7) is 0. The lowest BCUT2D eigenvalue weighted by Gasteiger charge is -2.14. The van der Waals surface area contributed by atoms with Crippen LogP contribution in [0.25, 0.3) is 11.0 Å². The van der Waals surface area contributed by atoms with E-state index in [-0.39, 0.29) is 5.91 Å². The SMILES string of the molecule is COc1cc(NC(=O)c2oc3ccccc3c2CSc2cccs2)cc(OC)c1OC. The summed E-state index contributed by atoms with van der Waals surface area (Å²) in [6.07, 6.45) is 0. The second-order valence-electron chi connectivity index (χ2n) is 6.49. The summed E-state index contributed by atoms with van der Waals surface area (Å²) >= 11 is 3.35. The summed E-state index contributed by atoms with van der Waals surface area (Å²) in [4.78, 5) is 13.2. The Morgan fingerprint density at radius 3 is 2.42 bits per heavy atom. The van der Waals surface area contributed by atoms with Crippen LogP contribution in [0.1, 0.15) is 16.1 Å². The Labute approximate surface area is 188 Å². The van der Waals surface area contributed by atoms with Gasteiger partial charge in [-0.05, 0) is 17.5 Å². The number of hydrogen-bond donors (Lipinski definition) is 1. The molecule has 0 saturated carbocycles. The Balaban J connectivity index is 1.67. The van der Waals surface area contributed by atoms with Gasteiger partial charge in [0.05, 0.1) is 25.5 Å². The first-order valence-electron chi connectivity index (χ1n) is 9.42. The molecule has 0 fully saturated rings. The second kappa shape index (κ2) is 9.36. The van der Waals surface area contributed by atoms with Gasteiger partial charge in [0.25, 0.3) is 5.91 Å². The number of hydrogen-bond acceptors (Lipinski definition) is 7. The number of carbonyl (C=O) groups is 1. The van der Waals surface area contributed by atoms with E-state index in [1.54, 1.807) is 35.2 Å². The minimum absolute atomic E-state index is 0.291. The highest BCUT2D eigenvalue weighted by atomic mass is 32.2. The van der Waals surface area contributed by atoms with Gasteiger partial charge in [-0.15, -0.1) is 23.1 Å². The molecule has 1 amide bonds. The lowest BCUT2D eigenvalue weighted by molar-refractivity contribution is 0.0998. The first-order chi connectivity index (χ1) is 15.1. The number of methoxy groups -OCH3 is 3. The van der Waals surface area contributed by atoms with Gasteiger partial charge in [-0.3, -0.25) is 4.79 Å². The maximum absolute atomic E-state index is 13.2. The van der Waals surface area contributed by atoms with Crippen molar-refractivity contribution in [2.24, 2.45) is 0 Å². The van der Waals surface area contributed by atoms with Gasteiger partial charge in [0.2, 0.25) is 5.75 Å². The number of benzene rings is 2. The third kappa shape index (κ3) is 4.35. The first kappa shape index (κ1) is 21.1. The molecule has 0 unspecified atom stereocenters. The zero-order valence-corrected chi connectivity index (χ0v) is 18.9. The van der Waals surface area contributed by atoms with Gasteiger partial charge in [-0.25, -0.2) is 0 Å². The molecule has 160 valence electrons. The first-order valence-corrected chi connectivity index (χ1v) is 11.3. The number of para-hydroxylation sites is 1. The van der Waals surface area contributed by atoms with E-state index in [1.807, 2.05) is 35.7 Å². The molecular weight excluding hydrogens is 434 g/mol. The minimum Gasteiger partial charge on any atom is -0.493 e. The number of rotatable bonds is 8. The Kier molecular flexibility index (Phi) is 6.39. The number of thiophene rings is 1. The van der Waals surface area contributed by atoms with Crippen LogP contribution in [-0.2, 0) is 5.75 Å². The molecule has 6 nitrogen and oxygen atoms in total. The van der Waals surface area contributed by atoms with Gasteiger partial charge in [-0.1, -0.05) is 24.3 Å². The van der Waals surface area contributed by atoms with Crippen LogP contribution in [0.3, 0.4) is 0 Å². The van der Waals surface area contributed by atoms with E-state index < -0.39 is 0 Å². The zero-order chi connectivity index (χ0) is 21.8. The summed E-state index contributed by atoms with van der Waals surface area (Å²) in [7, 11) is 4.59. The molecule has 2 heterocycles. The number of nitrogens with one attached hydrogen (secondary N) is 1. The zero-order valence-electron chi connectivity index (χ0n) is 17.3. The average molecular weight is 456 g/mol. The highest BCUT2D eigenvalue weighted by Gasteiger charge is 2.22. The van der Waals surface area contributed by atoms with E-state index >= 15 is 0 Å². The summed E-state index contributed by atoms with van der Waals surface area (Å²) in [6, 6.07) is 15.1. The van der Waals surface area contributed by atoms with Gasteiger partial charge in [-0.2, -0.15) is 0 Å². The van der Waals surface area contributed by atoms with Crippen LogP contribution in [0.5, 0.6) is 17.2 Å². The lowest BCUT2D eigenvalue weighted by Crippen LogP contribution is -2.13. The van der Waals surface area contributed by atoms with Crippen molar-refractivity contribution in [3.8, 4) is 17.2 Å². The van der Waals surface area contributed by atoms with E-state index in [2.05, 4.69) is 11.4 Å². The maximum atomic E-state index is 13.2. The van der Waals surface area contributed by atoms with Crippen molar-refractivity contribution in [1.82, 2.24) is 0 Å². The predicted molar refractivity (Wildman–Crippen MR) is 124 cm³/mol. The van der Waals surface area contributed by atoms with Gasteiger partial charge < -0.3 is 23.9 Å². The third-order valence-corrected chi connectivity index (χ3v) is 6.84. The number of ether oxygens (including phenoxy) is 3. The van der Waals surface area contributed by atoms with Gasteiger partial charge in [0.1, 0.15) is 5.58 Å². The van der Waals surface area contributed by atoms with Crippen molar-refractivity contribution in [3.05, 3.63) is 65.2 Å². The molecule has 0 aliphatic carbocycles. The number of amides is 1. The molecular formula is C23H21NO5S2. The molecule has 0 saturated heterocycles. The molecule has 0 spiro atoms. The fraction of sp³-hybridized carbons (Fsp3) is 0.174. The highest BCUT2D eigenvalue weighted by Crippen LogP contribution is 2.40. The molecule has 2 aromatic heterocycles. The van der Waals surface area contributed by atoms with E-state index in [1.165, 1.54) is 25.5 Å². The van der Waals surface area contributed by atoms with Gasteiger partial charge in [0.15, 0.2) is 17.3 Å². The summed E-state index contributed by atoms with van der Waals surface area (Å²) in [5, 5.41) is 5.87. The Bertz CT molecular complexity index is 1180. The molecule has 1 N–H and O–H groups in total. The summed E-state index contributed by atoms with van der Waals surface area (Å²) in [5.41, 5.74) is 2.05. The number of furan rings is 1. The van der Waals surface area contributed by atoms with Crippen LogP contribution < -0.4 is 19.5 Å². The normalized spacial score (nSPS) is 10.8. The van der Waals surface area contributed by atoms with Gasteiger partial charge >= 0.3 is 0 Å². The highest BCUT2D eigenvalue weighted by molar-refractivity contribution is 8.00. The smallest absolute Gasteiger partial charge is 0.291 e. The maximum Gasteiger partial charge on any atom is 0.291 e. The van der Waals surface area contributed by atoms with Gasteiger partial charge in [0, 0.05) is 34.5 Å². The Morgan fingerprint density at radius 1 is 1.03 bits per heavy atom. The van der Waals surface area contributed by atoms with E-state index in [9.17, 15) is 4.79 Å². The second-order valence-corrected chi connectivity index (χ2v) is 8.72. The number of anilines is 1. The van der Waals surface area contributed by atoms with Crippen LogP contribution >= 0.6 is 23.1 Å². The van der Waals surface area contributed by atoms with Crippen molar-refractivity contribution in [2.45, 2.75) is 9.96 Å². The van der Waals surface area contributed by atoms with E-state index in [4.69, 9.17) is 18.6 Å². The van der Waals surface area contributed by atoms with Crippen molar-refractivity contribution in [2.75, 3.05) is 26.6 Å². The van der Waals surface area contributed by atoms with Crippen LogP contribution in [0.4, 0.5) is 5.69 Å². The molecule has 0 bridgehead atoms. The lowest BCUT2D eigenvalue weighted by atomic mass is 10.1. The topological polar surface area (TPSA) is 69.9 Å². The monoisotopic (exact) mass is 455 g/mol. The number of fused-ring (bicyclic) bond motifs is 1. The molecule has 4 aromatic rings. The van der Waals surface area contributed by atoms with Crippen LogP contribution in [-0.4, -0.2) is 27.2 Å². The van der Waals surface area contributed by atoms with Crippen LogP contribution in [0.15, 0.2) is 62.5 Å². The summed E-state index contributed by atoms with van der Waals surface area (Å²) in [5.74, 6) is 1.94. The fourth-order valence-electron chi connectivity index (χ4n) is 3.26. The van der Waals surface area contributed by atoms with Crippen molar-refractivity contribution < 1.29 is 23.4 Å². The molecule has 0 aliphatic heterocycles. The summed E-state index contributed by atoms with van der Waals surface area (Å²) < 4.78 is 23.2. The number of carbonyl (C=O) groups excluding carboxylic acids is 1. The Morgan fingerprint density at radius 2 is 1.77 bits per heavy atom. The molecule has 0 aliphatic rings.